The molecule has 0 radical (unpaired) electrons. The van der Waals surface area contributed by atoms with E-state index in [1.807, 2.05) is 13.8 Å². The first-order valence-electron chi connectivity index (χ1n) is 12.8. The first-order chi connectivity index (χ1) is 15.0. The zero-order valence-electron chi connectivity index (χ0n) is 20.6. The van der Waals surface area contributed by atoms with Crippen LogP contribution in [0.1, 0.15) is 92.4 Å². The van der Waals surface area contributed by atoms with E-state index in [-0.39, 0.29) is 41.2 Å². The summed E-state index contributed by atoms with van der Waals surface area (Å²) in [4.78, 5) is 23.6. The SMILES string of the molecule is CCOC(=O)C[C@@](C)(O)[C@H]1CC[C@H]2[C@@H]3CC=C4C[C@@H](OC(C)=O)CC[C@]4(C)[C@H]3CC[C@@]21C. The number of aliphatic hydroxyl groups is 1. The van der Waals surface area contributed by atoms with Crippen molar-refractivity contribution in [3.8, 4) is 0 Å². The number of ether oxygens (including phenoxy) is 2. The van der Waals surface area contributed by atoms with Gasteiger partial charge in [-0.3, -0.25) is 9.59 Å². The summed E-state index contributed by atoms with van der Waals surface area (Å²) in [6.07, 6.45) is 11.0. The number of carbonyl (C=O) groups is 2. The summed E-state index contributed by atoms with van der Waals surface area (Å²) in [5, 5.41) is 11.4. The van der Waals surface area contributed by atoms with E-state index >= 15 is 0 Å². The second kappa shape index (κ2) is 8.45. The van der Waals surface area contributed by atoms with Crippen LogP contribution in [0.15, 0.2) is 11.6 Å². The Kier molecular flexibility index (Phi) is 6.28. The molecule has 0 aromatic rings. The quantitative estimate of drug-likeness (QED) is 0.464. The van der Waals surface area contributed by atoms with Gasteiger partial charge in [0.15, 0.2) is 0 Å². The normalized spacial score (nSPS) is 42.6. The number of hydrogen-bond acceptors (Lipinski definition) is 5. The van der Waals surface area contributed by atoms with Gasteiger partial charge in [-0.25, -0.2) is 0 Å². The molecule has 180 valence electrons. The molecule has 4 aliphatic carbocycles. The van der Waals surface area contributed by atoms with Crippen molar-refractivity contribution in [2.45, 2.75) is 104 Å². The van der Waals surface area contributed by atoms with Crippen LogP contribution in [0.25, 0.3) is 0 Å². The van der Waals surface area contributed by atoms with E-state index in [4.69, 9.17) is 9.47 Å². The van der Waals surface area contributed by atoms with E-state index in [1.165, 1.54) is 18.9 Å². The van der Waals surface area contributed by atoms with Crippen molar-refractivity contribution in [2.75, 3.05) is 6.61 Å². The molecule has 5 nitrogen and oxygen atoms in total. The Bertz CT molecular complexity index is 785. The van der Waals surface area contributed by atoms with Crippen molar-refractivity contribution >= 4 is 11.9 Å². The molecule has 1 N–H and O–H groups in total. The lowest BCUT2D eigenvalue weighted by molar-refractivity contribution is -0.156. The van der Waals surface area contributed by atoms with Crippen LogP contribution in [-0.2, 0) is 19.1 Å². The molecular weight excluding hydrogens is 404 g/mol. The highest BCUT2D eigenvalue weighted by Crippen LogP contribution is 2.67. The first-order valence-corrected chi connectivity index (χ1v) is 12.8. The highest BCUT2D eigenvalue weighted by atomic mass is 16.5. The lowest BCUT2D eigenvalue weighted by Gasteiger charge is -2.59. The van der Waals surface area contributed by atoms with Gasteiger partial charge in [-0.1, -0.05) is 25.5 Å². The molecule has 5 heteroatoms. The van der Waals surface area contributed by atoms with Crippen molar-refractivity contribution < 1.29 is 24.2 Å². The van der Waals surface area contributed by atoms with Gasteiger partial charge < -0.3 is 14.6 Å². The van der Waals surface area contributed by atoms with Gasteiger partial charge >= 0.3 is 11.9 Å². The average molecular weight is 447 g/mol. The Morgan fingerprint density at radius 2 is 1.91 bits per heavy atom. The van der Waals surface area contributed by atoms with Crippen molar-refractivity contribution in [1.29, 1.82) is 0 Å². The Labute approximate surface area is 193 Å². The van der Waals surface area contributed by atoms with Crippen LogP contribution in [0.4, 0.5) is 0 Å². The zero-order chi connectivity index (χ0) is 23.3. The predicted octanol–water partition coefficient (Wildman–Crippen LogP) is 5.20. The maximum atomic E-state index is 12.2. The first kappa shape index (κ1) is 23.8. The molecule has 0 saturated heterocycles. The summed E-state index contributed by atoms with van der Waals surface area (Å²) >= 11 is 0. The molecular formula is C27H42O5. The lowest BCUT2D eigenvalue weighted by Crippen LogP contribution is -2.53. The number of fused-ring (bicyclic) bond motifs is 5. The fourth-order valence-electron chi connectivity index (χ4n) is 8.61. The van der Waals surface area contributed by atoms with Gasteiger partial charge in [0, 0.05) is 13.3 Å². The van der Waals surface area contributed by atoms with E-state index in [0.717, 1.165) is 44.9 Å². The number of carbonyl (C=O) groups excluding carboxylic acids is 2. The average Bonchev–Trinajstić information content (AvgIpc) is 3.06. The van der Waals surface area contributed by atoms with Crippen LogP contribution in [0, 0.1) is 34.5 Å². The standard InChI is InChI=1S/C27H42O5/c1-6-31-24(29)16-27(5,30)23-10-9-21-20-8-7-18-15-19(32-17(2)28)11-13-25(18,3)22(20)12-14-26(21,23)4/h7,19-23,30H,6,8-16H2,1-5H3/t19-,20-,21-,22-,23-,25-,26-,27+/m0/s1. The smallest absolute Gasteiger partial charge is 0.308 e. The molecule has 0 heterocycles. The molecule has 3 fully saturated rings. The Hall–Kier alpha value is -1.36. The number of esters is 2. The van der Waals surface area contributed by atoms with Crippen LogP contribution in [0.2, 0.25) is 0 Å². The highest BCUT2D eigenvalue weighted by molar-refractivity contribution is 5.70. The molecule has 32 heavy (non-hydrogen) atoms. The maximum absolute atomic E-state index is 12.2. The van der Waals surface area contributed by atoms with Crippen LogP contribution in [0.3, 0.4) is 0 Å². The third-order valence-corrected chi connectivity index (χ3v) is 9.95. The lowest BCUT2D eigenvalue weighted by atomic mass is 9.46. The summed E-state index contributed by atoms with van der Waals surface area (Å²) in [5.74, 6) is 1.54. The Morgan fingerprint density at radius 1 is 1.16 bits per heavy atom. The fraction of sp³-hybridized carbons (Fsp3) is 0.852. The Morgan fingerprint density at radius 3 is 2.59 bits per heavy atom. The minimum absolute atomic E-state index is 0.0334. The summed E-state index contributed by atoms with van der Waals surface area (Å²) in [6, 6.07) is 0. The summed E-state index contributed by atoms with van der Waals surface area (Å²) in [6.45, 7) is 10.4. The zero-order valence-corrected chi connectivity index (χ0v) is 20.6. The van der Waals surface area contributed by atoms with Gasteiger partial charge in [0.05, 0.1) is 18.6 Å². The van der Waals surface area contributed by atoms with Crippen LogP contribution >= 0.6 is 0 Å². The summed E-state index contributed by atoms with van der Waals surface area (Å²) < 4.78 is 10.7. The molecule has 0 aliphatic heterocycles. The van der Waals surface area contributed by atoms with Crippen molar-refractivity contribution in [2.24, 2.45) is 34.5 Å². The van der Waals surface area contributed by atoms with Crippen LogP contribution in [0.5, 0.6) is 0 Å². The van der Waals surface area contributed by atoms with Gasteiger partial charge in [0.1, 0.15) is 6.10 Å². The van der Waals surface area contributed by atoms with E-state index in [2.05, 4.69) is 19.9 Å². The van der Waals surface area contributed by atoms with Crippen molar-refractivity contribution in [1.82, 2.24) is 0 Å². The van der Waals surface area contributed by atoms with Gasteiger partial charge in [0.25, 0.3) is 0 Å². The van der Waals surface area contributed by atoms with E-state index in [0.29, 0.717) is 24.4 Å². The second-order valence-corrected chi connectivity index (χ2v) is 11.7. The molecule has 0 aromatic heterocycles. The van der Waals surface area contributed by atoms with Gasteiger partial charge in [-0.05, 0) is 93.3 Å². The molecule has 0 bridgehead atoms. The van der Waals surface area contributed by atoms with Gasteiger partial charge in [0.2, 0.25) is 0 Å². The summed E-state index contributed by atoms with van der Waals surface area (Å²) in [7, 11) is 0. The van der Waals surface area contributed by atoms with E-state index in [9.17, 15) is 14.7 Å². The van der Waals surface area contributed by atoms with Crippen molar-refractivity contribution in [3.63, 3.8) is 0 Å². The number of allylic oxidation sites excluding steroid dienone is 1. The molecule has 3 saturated carbocycles. The highest BCUT2D eigenvalue weighted by Gasteiger charge is 2.61. The molecule has 4 rings (SSSR count). The number of hydrogen-bond donors (Lipinski definition) is 1. The maximum Gasteiger partial charge on any atom is 0.308 e. The topological polar surface area (TPSA) is 72.8 Å². The van der Waals surface area contributed by atoms with Crippen LogP contribution in [-0.4, -0.2) is 35.4 Å². The molecule has 0 amide bonds. The molecule has 0 spiro atoms. The largest absolute Gasteiger partial charge is 0.466 e. The minimum atomic E-state index is -1.02. The molecule has 0 unspecified atom stereocenters. The molecule has 8 atom stereocenters. The fourth-order valence-corrected chi connectivity index (χ4v) is 8.61. The molecule has 0 aromatic carbocycles. The van der Waals surface area contributed by atoms with Gasteiger partial charge in [-0.2, -0.15) is 0 Å². The monoisotopic (exact) mass is 446 g/mol. The minimum Gasteiger partial charge on any atom is -0.466 e. The second-order valence-electron chi connectivity index (χ2n) is 11.7. The van der Waals surface area contributed by atoms with E-state index < -0.39 is 5.60 Å². The van der Waals surface area contributed by atoms with Gasteiger partial charge in [-0.15, -0.1) is 0 Å². The molecule has 4 aliphatic rings. The van der Waals surface area contributed by atoms with Crippen LogP contribution < -0.4 is 0 Å². The van der Waals surface area contributed by atoms with E-state index in [1.54, 1.807) is 0 Å². The number of rotatable bonds is 5. The summed E-state index contributed by atoms with van der Waals surface area (Å²) in [5.41, 5.74) is 0.744. The Balaban J connectivity index is 1.53. The van der Waals surface area contributed by atoms with Crippen molar-refractivity contribution in [3.05, 3.63) is 11.6 Å². The third kappa shape index (κ3) is 3.93. The predicted molar refractivity (Wildman–Crippen MR) is 123 cm³/mol. The third-order valence-electron chi connectivity index (χ3n) is 9.95.